The Labute approximate surface area is 120 Å². The summed E-state index contributed by atoms with van der Waals surface area (Å²) in [6.07, 6.45) is 3.11. The summed E-state index contributed by atoms with van der Waals surface area (Å²) in [4.78, 5) is 14.4. The van der Waals surface area contributed by atoms with Gasteiger partial charge in [-0.15, -0.1) is 0 Å². The van der Waals surface area contributed by atoms with Crippen LogP contribution in [0, 0.1) is 6.92 Å². The molecule has 1 amide bonds. The van der Waals surface area contributed by atoms with E-state index in [-0.39, 0.29) is 11.9 Å². The molecule has 0 spiro atoms. The topological polar surface area (TPSA) is 32.3 Å². The van der Waals surface area contributed by atoms with Crippen LogP contribution < -0.4 is 5.32 Å². The molecule has 1 rings (SSSR count). The van der Waals surface area contributed by atoms with E-state index in [1.807, 2.05) is 55.9 Å². The Morgan fingerprint density at radius 1 is 1.47 bits per heavy atom. The third kappa shape index (κ3) is 4.16. The molecule has 1 aromatic carbocycles. The number of carbonyl (C=O) groups is 1. The number of rotatable bonds is 6. The third-order valence-corrected chi connectivity index (χ3v) is 4.04. The fourth-order valence-electron chi connectivity index (χ4n) is 1.93. The highest BCUT2D eigenvalue weighted by Gasteiger charge is 2.19. The molecule has 1 atom stereocenters. The second kappa shape index (κ2) is 7.43. The number of hydrogen-bond acceptors (Lipinski definition) is 3. The van der Waals surface area contributed by atoms with Gasteiger partial charge in [0.05, 0.1) is 5.56 Å². The lowest BCUT2D eigenvalue weighted by Gasteiger charge is -2.26. The molecule has 106 valence electrons. The molecule has 0 aliphatic heterocycles. The van der Waals surface area contributed by atoms with E-state index >= 15 is 0 Å². The molecule has 0 radical (unpaired) electrons. The van der Waals surface area contributed by atoms with E-state index in [9.17, 15) is 4.79 Å². The maximum absolute atomic E-state index is 12.6. The van der Waals surface area contributed by atoms with Gasteiger partial charge in [0.2, 0.25) is 0 Å². The minimum absolute atomic E-state index is 0.0849. The highest BCUT2D eigenvalue weighted by atomic mass is 32.2. The van der Waals surface area contributed by atoms with Crippen molar-refractivity contribution in [1.82, 2.24) is 4.90 Å². The number of nitrogens with zero attached hydrogens (tertiary/aromatic N) is 1. The van der Waals surface area contributed by atoms with Crippen LogP contribution in [0.5, 0.6) is 0 Å². The molecule has 0 aromatic heterocycles. The maximum atomic E-state index is 12.6. The normalized spacial score (nSPS) is 12.1. The summed E-state index contributed by atoms with van der Waals surface area (Å²) in [5.74, 6) is 1.16. The van der Waals surface area contributed by atoms with Gasteiger partial charge in [-0.1, -0.05) is 11.6 Å². The smallest absolute Gasteiger partial charge is 0.255 e. The van der Waals surface area contributed by atoms with E-state index < -0.39 is 0 Å². The molecule has 3 nitrogen and oxygen atoms in total. The summed E-state index contributed by atoms with van der Waals surface area (Å²) >= 11 is 1.81. The molecule has 0 heterocycles. The van der Waals surface area contributed by atoms with Crippen molar-refractivity contribution in [1.29, 1.82) is 0 Å². The van der Waals surface area contributed by atoms with Crippen LogP contribution in [0.2, 0.25) is 0 Å². The fourth-order valence-corrected chi connectivity index (χ4v) is 2.50. The lowest BCUT2D eigenvalue weighted by Crippen LogP contribution is -2.35. The highest BCUT2D eigenvalue weighted by Crippen LogP contribution is 2.20. The van der Waals surface area contributed by atoms with Crippen LogP contribution in [0.1, 0.15) is 29.3 Å². The van der Waals surface area contributed by atoms with Crippen molar-refractivity contribution >= 4 is 23.4 Å². The van der Waals surface area contributed by atoms with E-state index in [2.05, 4.69) is 18.5 Å². The van der Waals surface area contributed by atoms with Crippen LogP contribution >= 0.6 is 11.8 Å². The van der Waals surface area contributed by atoms with Crippen molar-refractivity contribution in [2.24, 2.45) is 0 Å². The standard InChI is InChI=1S/C15H24N2OS/c1-11-6-7-14(16-3)13(10-11)15(18)17(4)12(2)8-9-19-5/h6-7,10,12,16H,8-9H2,1-5H3. The summed E-state index contributed by atoms with van der Waals surface area (Å²) in [6, 6.07) is 6.18. The Kier molecular flexibility index (Phi) is 6.22. The number of amides is 1. The van der Waals surface area contributed by atoms with E-state index in [1.54, 1.807) is 0 Å². The van der Waals surface area contributed by atoms with Crippen LogP contribution in [0.4, 0.5) is 5.69 Å². The van der Waals surface area contributed by atoms with Gasteiger partial charge >= 0.3 is 0 Å². The van der Waals surface area contributed by atoms with Gasteiger partial charge in [0, 0.05) is 25.8 Å². The Hall–Kier alpha value is -1.16. The average molecular weight is 280 g/mol. The van der Waals surface area contributed by atoms with Crippen molar-refractivity contribution in [3.63, 3.8) is 0 Å². The molecule has 0 aliphatic rings. The van der Waals surface area contributed by atoms with Crippen LogP contribution in [0.3, 0.4) is 0 Å². The van der Waals surface area contributed by atoms with Gasteiger partial charge in [-0.25, -0.2) is 0 Å². The Bertz CT molecular complexity index is 434. The number of hydrogen-bond donors (Lipinski definition) is 1. The number of carbonyl (C=O) groups excluding carboxylic acids is 1. The van der Waals surface area contributed by atoms with Gasteiger partial charge in [0.15, 0.2) is 0 Å². The molecule has 1 aromatic rings. The predicted molar refractivity (Wildman–Crippen MR) is 85.3 cm³/mol. The van der Waals surface area contributed by atoms with Gasteiger partial charge in [-0.05, 0) is 44.4 Å². The van der Waals surface area contributed by atoms with E-state index in [0.29, 0.717) is 0 Å². The monoisotopic (exact) mass is 280 g/mol. The number of thioether (sulfide) groups is 1. The number of benzene rings is 1. The number of anilines is 1. The first-order chi connectivity index (χ1) is 9.01. The lowest BCUT2D eigenvalue weighted by molar-refractivity contribution is 0.0742. The summed E-state index contributed by atoms with van der Waals surface area (Å²) in [5.41, 5.74) is 2.74. The molecule has 4 heteroatoms. The minimum Gasteiger partial charge on any atom is -0.387 e. The number of aryl methyl sites for hydroxylation is 1. The van der Waals surface area contributed by atoms with Crippen LogP contribution in [0.25, 0.3) is 0 Å². The minimum atomic E-state index is 0.0849. The van der Waals surface area contributed by atoms with Gasteiger partial charge in [-0.2, -0.15) is 11.8 Å². The molecule has 0 saturated heterocycles. The van der Waals surface area contributed by atoms with Crippen molar-refractivity contribution < 1.29 is 4.79 Å². The molecule has 0 aliphatic carbocycles. The molecule has 1 unspecified atom stereocenters. The lowest BCUT2D eigenvalue weighted by atomic mass is 10.1. The molecular weight excluding hydrogens is 256 g/mol. The Morgan fingerprint density at radius 3 is 2.74 bits per heavy atom. The highest BCUT2D eigenvalue weighted by molar-refractivity contribution is 7.98. The van der Waals surface area contributed by atoms with E-state index in [0.717, 1.165) is 29.0 Å². The molecule has 0 fully saturated rings. The maximum Gasteiger partial charge on any atom is 0.255 e. The van der Waals surface area contributed by atoms with Gasteiger partial charge in [0.25, 0.3) is 5.91 Å². The molecule has 0 bridgehead atoms. The molecule has 19 heavy (non-hydrogen) atoms. The molecule has 1 N–H and O–H groups in total. The summed E-state index contributed by atoms with van der Waals surface area (Å²) in [6.45, 7) is 4.11. The van der Waals surface area contributed by atoms with Crippen LogP contribution in [-0.4, -0.2) is 43.0 Å². The van der Waals surface area contributed by atoms with Crippen molar-refractivity contribution in [2.45, 2.75) is 26.3 Å². The predicted octanol–water partition coefficient (Wildman–Crippen LogP) is 3.25. The Morgan fingerprint density at radius 2 is 2.16 bits per heavy atom. The first kappa shape index (κ1) is 15.9. The quantitative estimate of drug-likeness (QED) is 0.868. The zero-order chi connectivity index (χ0) is 14.4. The summed E-state index contributed by atoms with van der Waals surface area (Å²) < 4.78 is 0. The molecule has 0 saturated carbocycles. The fraction of sp³-hybridized carbons (Fsp3) is 0.533. The van der Waals surface area contributed by atoms with Crippen molar-refractivity contribution in [2.75, 3.05) is 31.4 Å². The van der Waals surface area contributed by atoms with Crippen molar-refractivity contribution in [3.8, 4) is 0 Å². The van der Waals surface area contributed by atoms with Gasteiger partial charge < -0.3 is 10.2 Å². The second-order valence-electron chi connectivity index (χ2n) is 4.85. The zero-order valence-corrected chi connectivity index (χ0v) is 13.3. The Balaban J connectivity index is 2.89. The zero-order valence-electron chi connectivity index (χ0n) is 12.5. The number of nitrogens with one attached hydrogen (secondary N) is 1. The van der Waals surface area contributed by atoms with Gasteiger partial charge in [-0.3, -0.25) is 4.79 Å². The first-order valence-corrected chi connectivity index (χ1v) is 7.95. The second-order valence-corrected chi connectivity index (χ2v) is 5.83. The summed E-state index contributed by atoms with van der Waals surface area (Å²) in [7, 11) is 3.73. The first-order valence-electron chi connectivity index (χ1n) is 6.55. The van der Waals surface area contributed by atoms with Gasteiger partial charge in [0.1, 0.15) is 0 Å². The van der Waals surface area contributed by atoms with Crippen LogP contribution in [-0.2, 0) is 0 Å². The van der Waals surface area contributed by atoms with Crippen LogP contribution in [0.15, 0.2) is 18.2 Å². The van der Waals surface area contributed by atoms with Crippen molar-refractivity contribution in [3.05, 3.63) is 29.3 Å². The third-order valence-electron chi connectivity index (χ3n) is 3.40. The SMILES string of the molecule is CNc1ccc(C)cc1C(=O)N(C)C(C)CCSC. The summed E-state index contributed by atoms with van der Waals surface area (Å²) in [5, 5.41) is 3.09. The average Bonchev–Trinajstić information content (AvgIpc) is 2.42. The van der Waals surface area contributed by atoms with E-state index in [4.69, 9.17) is 0 Å². The van der Waals surface area contributed by atoms with E-state index in [1.165, 1.54) is 0 Å². The molecular formula is C15H24N2OS. The largest absolute Gasteiger partial charge is 0.387 e.